The molecular formula is C8H9ClN2O3S. The van der Waals surface area contributed by atoms with Crippen molar-refractivity contribution in [1.82, 2.24) is 10.2 Å². The first kappa shape index (κ1) is 12.1. The van der Waals surface area contributed by atoms with Crippen LogP contribution in [0.3, 0.4) is 0 Å². The van der Waals surface area contributed by atoms with Gasteiger partial charge >= 0.3 is 11.9 Å². The molecule has 0 radical (unpaired) electrons. The van der Waals surface area contributed by atoms with Gasteiger partial charge in [-0.15, -0.1) is 5.10 Å². The van der Waals surface area contributed by atoms with Gasteiger partial charge in [-0.3, -0.25) is 0 Å². The van der Waals surface area contributed by atoms with Gasteiger partial charge in [-0.05, 0) is 6.92 Å². The van der Waals surface area contributed by atoms with Crippen molar-refractivity contribution in [2.24, 2.45) is 0 Å². The Labute approximate surface area is 95.8 Å². The predicted molar refractivity (Wildman–Crippen MR) is 56.0 cm³/mol. The molecule has 1 aromatic heterocycles. The van der Waals surface area contributed by atoms with E-state index in [0.29, 0.717) is 10.8 Å². The van der Waals surface area contributed by atoms with E-state index in [9.17, 15) is 4.79 Å². The lowest BCUT2D eigenvalue weighted by Crippen LogP contribution is -2.04. The molecule has 15 heavy (non-hydrogen) atoms. The van der Waals surface area contributed by atoms with E-state index in [1.165, 1.54) is 11.8 Å². The first-order valence-electron chi connectivity index (χ1n) is 4.10. The van der Waals surface area contributed by atoms with Crippen LogP contribution < -0.4 is 0 Å². The zero-order valence-corrected chi connectivity index (χ0v) is 9.60. The van der Waals surface area contributed by atoms with Gasteiger partial charge in [-0.2, -0.15) is 0 Å². The molecule has 0 spiro atoms. The Balaban J connectivity index is 2.56. The highest BCUT2D eigenvalue weighted by Crippen LogP contribution is 2.19. The number of aromatic nitrogens is 2. The summed E-state index contributed by atoms with van der Waals surface area (Å²) in [4.78, 5) is 11.1. The fraction of sp³-hybridized carbons (Fsp3) is 0.375. The molecule has 82 valence electrons. The Bertz CT molecular complexity index is 367. The molecule has 0 N–H and O–H groups in total. The molecule has 0 aliphatic rings. The average Bonchev–Trinajstić information content (AvgIpc) is 2.63. The second-order valence-electron chi connectivity index (χ2n) is 2.40. The Morgan fingerprint density at radius 2 is 2.40 bits per heavy atom. The molecule has 0 unspecified atom stereocenters. The third-order valence-electron chi connectivity index (χ3n) is 1.21. The van der Waals surface area contributed by atoms with E-state index >= 15 is 0 Å². The molecule has 0 aliphatic heterocycles. The van der Waals surface area contributed by atoms with E-state index in [1.807, 2.05) is 0 Å². The lowest BCUT2D eigenvalue weighted by Gasteiger charge is -1.94. The van der Waals surface area contributed by atoms with E-state index < -0.39 is 5.97 Å². The maximum Gasteiger partial charge on any atom is 0.396 e. The molecule has 0 aromatic carbocycles. The van der Waals surface area contributed by atoms with Gasteiger partial charge in [0.2, 0.25) is 0 Å². The SMILES string of the molecule is C=C(Cl)CSc1nnc(C(=O)OCC)o1. The summed E-state index contributed by atoms with van der Waals surface area (Å²) in [5.74, 6) is -0.326. The summed E-state index contributed by atoms with van der Waals surface area (Å²) < 4.78 is 9.69. The van der Waals surface area contributed by atoms with Crippen LogP contribution in [0, 0.1) is 0 Å². The number of halogens is 1. The van der Waals surface area contributed by atoms with Crippen LogP contribution in [0.2, 0.25) is 0 Å². The quantitative estimate of drug-likeness (QED) is 0.587. The number of hydrogen-bond acceptors (Lipinski definition) is 6. The average molecular weight is 249 g/mol. The van der Waals surface area contributed by atoms with Crippen molar-refractivity contribution < 1.29 is 13.9 Å². The standard InChI is InChI=1S/C8H9ClN2O3S/c1-3-13-7(12)6-10-11-8(14-6)15-4-5(2)9/h2-4H2,1H3. The predicted octanol–water partition coefficient (Wildman–Crippen LogP) is 2.09. The van der Waals surface area contributed by atoms with Crippen LogP contribution in [0.4, 0.5) is 0 Å². The van der Waals surface area contributed by atoms with Crippen LogP contribution in [0.5, 0.6) is 0 Å². The fourth-order valence-corrected chi connectivity index (χ4v) is 1.36. The van der Waals surface area contributed by atoms with Gasteiger partial charge in [0.25, 0.3) is 5.22 Å². The van der Waals surface area contributed by atoms with Crippen molar-refractivity contribution in [2.75, 3.05) is 12.4 Å². The highest BCUT2D eigenvalue weighted by Gasteiger charge is 2.15. The van der Waals surface area contributed by atoms with Gasteiger partial charge in [-0.25, -0.2) is 4.79 Å². The smallest absolute Gasteiger partial charge is 0.396 e. The molecule has 0 amide bonds. The van der Waals surface area contributed by atoms with Crippen LogP contribution in [0.25, 0.3) is 0 Å². The third kappa shape index (κ3) is 3.93. The molecule has 0 atom stereocenters. The second-order valence-corrected chi connectivity index (χ2v) is 3.86. The van der Waals surface area contributed by atoms with Crippen molar-refractivity contribution in [3.63, 3.8) is 0 Å². The van der Waals surface area contributed by atoms with E-state index in [2.05, 4.69) is 21.5 Å². The van der Waals surface area contributed by atoms with Crippen LogP contribution in [-0.2, 0) is 4.74 Å². The number of thioether (sulfide) groups is 1. The summed E-state index contributed by atoms with van der Waals surface area (Å²) in [5, 5.41) is 7.90. The molecule has 0 saturated carbocycles. The van der Waals surface area contributed by atoms with Crippen molar-refractivity contribution in [2.45, 2.75) is 12.1 Å². The molecule has 5 nitrogen and oxygen atoms in total. The molecule has 1 aromatic rings. The number of ether oxygens (including phenoxy) is 1. The normalized spacial score (nSPS) is 10.0. The first-order valence-corrected chi connectivity index (χ1v) is 5.46. The van der Waals surface area contributed by atoms with E-state index in [-0.39, 0.29) is 17.7 Å². The van der Waals surface area contributed by atoms with E-state index in [4.69, 9.17) is 16.0 Å². The Morgan fingerprint density at radius 3 is 3.00 bits per heavy atom. The number of nitrogens with zero attached hydrogens (tertiary/aromatic N) is 2. The van der Waals surface area contributed by atoms with Crippen LogP contribution in [0.1, 0.15) is 17.6 Å². The van der Waals surface area contributed by atoms with Gasteiger partial charge < -0.3 is 9.15 Å². The monoisotopic (exact) mass is 248 g/mol. The molecule has 0 fully saturated rings. The van der Waals surface area contributed by atoms with E-state index in [1.54, 1.807) is 6.92 Å². The summed E-state index contributed by atoms with van der Waals surface area (Å²) in [7, 11) is 0. The Hall–Kier alpha value is -1.01. The first-order chi connectivity index (χ1) is 7.13. The number of carbonyl (C=O) groups is 1. The maximum absolute atomic E-state index is 11.1. The summed E-state index contributed by atoms with van der Waals surface area (Å²) in [5.41, 5.74) is 0. The van der Waals surface area contributed by atoms with Gasteiger partial charge in [-0.1, -0.05) is 35.0 Å². The molecule has 0 saturated heterocycles. The molecule has 1 rings (SSSR count). The van der Waals surface area contributed by atoms with Crippen LogP contribution in [0.15, 0.2) is 21.3 Å². The topological polar surface area (TPSA) is 65.2 Å². The minimum atomic E-state index is -0.624. The number of esters is 1. The summed E-state index contributed by atoms with van der Waals surface area (Å²) in [6.45, 7) is 5.47. The van der Waals surface area contributed by atoms with Gasteiger partial charge in [0.15, 0.2) is 0 Å². The molecule has 1 heterocycles. The number of carbonyl (C=O) groups excluding carboxylic acids is 1. The summed E-state index contributed by atoms with van der Waals surface area (Å²) in [6, 6.07) is 0. The lowest BCUT2D eigenvalue weighted by atomic mass is 10.7. The summed E-state index contributed by atoms with van der Waals surface area (Å²) in [6.07, 6.45) is 0. The molecule has 0 aliphatic carbocycles. The Kier molecular flexibility index (Phi) is 4.64. The summed E-state index contributed by atoms with van der Waals surface area (Å²) >= 11 is 6.76. The Morgan fingerprint density at radius 1 is 1.67 bits per heavy atom. The van der Waals surface area contributed by atoms with Crippen molar-refractivity contribution in [3.8, 4) is 0 Å². The van der Waals surface area contributed by atoms with Crippen molar-refractivity contribution >= 4 is 29.3 Å². The number of hydrogen-bond donors (Lipinski definition) is 0. The lowest BCUT2D eigenvalue weighted by molar-refractivity contribution is 0.0475. The largest absolute Gasteiger partial charge is 0.459 e. The van der Waals surface area contributed by atoms with E-state index in [0.717, 1.165) is 0 Å². The van der Waals surface area contributed by atoms with Crippen molar-refractivity contribution in [1.29, 1.82) is 0 Å². The van der Waals surface area contributed by atoms with Crippen LogP contribution in [-0.4, -0.2) is 28.5 Å². The highest BCUT2D eigenvalue weighted by molar-refractivity contribution is 7.99. The third-order valence-corrected chi connectivity index (χ3v) is 2.41. The zero-order valence-electron chi connectivity index (χ0n) is 8.03. The molecule has 7 heteroatoms. The van der Waals surface area contributed by atoms with Gasteiger partial charge in [0.1, 0.15) is 0 Å². The highest BCUT2D eigenvalue weighted by atomic mass is 35.5. The van der Waals surface area contributed by atoms with Crippen LogP contribution >= 0.6 is 23.4 Å². The molecule has 0 bridgehead atoms. The minimum absolute atomic E-state index is 0.153. The zero-order chi connectivity index (χ0) is 11.3. The fourth-order valence-electron chi connectivity index (χ4n) is 0.683. The second kappa shape index (κ2) is 5.77. The molecular weight excluding hydrogens is 240 g/mol. The van der Waals surface area contributed by atoms with Gasteiger partial charge in [0.05, 0.1) is 6.61 Å². The minimum Gasteiger partial charge on any atom is -0.459 e. The number of rotatable bonds is 5. The van der Waals surface area contributed by atoms with Crippen molar-refractivity contribution in [3.05, 3.63) is 17.5 Å². The van der Waals surface area contributed by atoms with Gasteiger partial charge in [0, 0.05) is 10.8 Å². The maximum atomic E-state index is 11.1.